The zero-order valence-corrected chi connectivity index (χ0v) is 13.4. The second-order valence-electron chi connectivity index (χ2n) is 5.41. The maximum absolute atomic E-state index is 12.0. The van der Waals surface area contributed by atoms with Gasteiger partial charge in [-0.05, 0) is 47.4 Å². The minimum Gasteiger partial charge on any atom is -0.504 e. The van der Waals surface area contributed by atoms with E-state index in [1.165, 1.54) is 25.0 Å². The summed E-state index contributed by atoms with van der Waals surface area (Å²) in [4.78, 5) is 12.0. The largest absolute Gasteiger partial charge is 0.504 e. The number of hydrazone groups is 1. The number of phenols is 1. The fraction of sp³-hybridized carbons (Fsp3) is 0.222. The van der Waals surface area contributed by atoms with Crippen LogP contribution in [0, 0.1) is 0 Å². The van der Waals surface area contributed by atoms with Gasteiger partial charge in [-0.2, -0.15) is 5.10 Å². The number of nitrogens with one attached hydrogen (secondary N) is 1. The highest BCUT2D eigenvalue weighted by molar-refractivity contribution is 5.94. The van der Waals surface area contributed by atoms with Crippen LogP contribution in [0.2, 0.25) is 0 Å². The third kappa shape index (κ3) is 4.32. The number of methoxy groups -OCH3 is 1. The van der Waals surface area contributed by atoms with E-state index < -0.39 is 0 Å². The monoisotopic (exact) mass is 312 g/mol. The number of aromatic hydroxyl groups is 1. The molecule has 2 aromatic carbocycles. The van der Waals surface area contributed by atoms with Gasteiger partial charge in [0.05, 0.1) is 13.3 Å². The third-order valence-corrected chi connectivity index (χ3v) is 3.42. The van der Waals surface area contributed by atoms with Crippen molar-refractivity contribution in [3.63, 3.8) is 0 Å². The van der Waals surface area contributed by atoms with E-state index in [9.17, 15) is 9.90 Å². The van der Waals surface area contributed by atoms with E-state index >= 15 is 0 Å². The molecule has 0 aliphatic heterocycles. The van der Waals surface area contributed by atoms with Crippen molar-refractivity contribution in [1.82, 2.24) is 5.43 Å². The average molecular weight is 312 g/mol. The fourth-order valence-corrected chi connectivity index (χ4v) is 2.04. The Kier molecular flexibility index (Phi) is 5.36. The molecule has 0 aliphatic rings. The van der Waals surface area contributed by atoms with Crippen molar-refractivity contribution in [2.24, 2.45) is 5.10 Å². The lowest BCUT2D eigenvalue weighted by Gasteiger charge is -2.06. The summed E-state index contributed by atoms with van der Waals surface area (Å²) < 4.78 is 4.96. The van der Waals surface area contributed by atoms with Crippen LogP contribution in [-0.4, -0.2) is 24.3 Å². The maximum Gasteiger partial charge on any atom is 0.271 e. The molecule has 0 saturated carbocycles. The number of nitrogens with zero attached hydrogens (tertiary/aromatic N) is 1. The van der Waals surface area contributed by atoms with E-state index in [2.05, 4.69) is 24.4 Å². The first kappa shape index (κ1) is 16.5. The van der Waals surface area contributed by atoms with Crippen molar-refractivity contribution in [3.05, 3.63) is 59.2 Å². The number of hydrogen-bond donors (Lipinski definition) is 2. The van der Waals surface area contributed by atoms with Crippen LogP contribution >= 0.6 is 0 Å². The van der Waals surface area contributed by atoms with Crippen LogP contribution < -0.4 is 10.2 Å². The Morgan fingerprint density at radius 3 is 2.48 bits per heavy atom. The lowest BCUT2D eigenvalue weighted by molar-refractivity contribution is 0.0955. The van der Waals surface area contributed by atoms with E-state index in [0.29, 0.717) is 22.8 Å². The molecule has 0 fully saturated rings. The van der Waals surface area contributed by atoms with E-state index in [-0.39, 0.29) is 11.7 Å². The lowest BCUT2D eigenvalue weighted by Crippen LogP contribution is -2.17. The number of hydrogen-bond acceptors (Lipinski definition) is 4. The van der Waals surface area contributed by atoms with Crippen LogP contribution in [0.25, 0.3) is 0 Å². The van der Waals surface area contributed by atoms with Crippen LogP contribution in [0.15, 0.2) is 47.6 Å². The summed E-state index contributed by atoms with van der Waals surface area (Å²) in [5.41, 5.74) is 4.84. The van der Waals surface area contributed by atoms with Gasteiger partial charge in [0, 0.05) is 5.56 Å². The standard InChI is InChI=1S/C18H20N2O3/c1-12(2)14-5-7-15(8-6-14)18(22)20-19-11-13-4-9-17(23-3)16(21)10-13/h4-12,21H,1-3H3,(H,20,22)/b19-11+. The SMILES string of the molecule is COc1ccc(/C=N/NC(=O)c2ccc(C(C)C)cc2)cc1O. The maximum atomic E-state index is 12.0. The molecule has 1 amide bonds. The summed E-state index contributed by atoms with van der Waals surface area (Å²) in [5.74, 6) is 0.547. The summed E-state index contributed by atoms with van der Waals surface area (Å²) in [6.45, 7) is 4.20. The quantitative estimate of drug-likeness (QED) is 0.657. The molecular formula is C18H20N2O3. The van der Waals surface area contributed by atoms with Crippen LogP contribution in [0.5, 0.6) is 11.5 Å². The first-order valence-corrected chi connectivity index (χ1v) is 7.31. The smallest absolute Gasteiger partial charge is 0.271 e. The average Bonchev–Trinajstić information content (AvgIpc) is 2.55. The van der Waals surface area contributed by atoms with Crippen molar-refractivity contribution < 1.29 is 14.6 Å². The molecule has 0 aliphatic carbocycles. The molecule has 0 aromatic heterocycles. The Morgan fingerprint density at radius 2 is 1.91 bits per heavy atom. The lowest BCUT2D eigenvalue weighted by atomic mass is 10.0. The number of carbonyl (C=O) groups is 1. The zero-order valence-electron chi connectivity index (χ0n) is 13.4. The van der Waals surface area contributed by atoms with Gasteiger partial charge in [-0.3, -0.25) is 4.79 Å². The Labute approximate surface area is 135 Å². The van der Waals surface area contributed by atoms with Gasteiger partial charge in [0.1, 0.15) is 0 Å². The summed E-state index contributed by atoms with van der Waals surface area (Å²) in [5, 5.41) is 13.6. The molecule has 2 rings (SSSR count). The topological polar surface area (TPSA) is 70.9 Å². The first-order valence-electron chi connectivity index (χ1n) is 7.31. The molecule has 5 heteroatoms. The molecule has 0 bridgehead atoms. The van der Waals surface area contributed by atoms with Crippen molar-refractivity contribution >= 4 is 12.1 Å². The van der Waals surface area contributed by atoms with E-state index in [1.807, 2.05) is 12.1 Å². The van der Waals surface area contributed by atoms with Crippen LogP contribution in [0.4, 0.5) is 0 Å². The van der Waals surface area contributed by atoms with Crippen LogP contribution in [0.1, 0.15) is 41.3 Å². The molecule has 5 nitrogen and oxygen atoms in total. The van der Waals surface area contributed by atoms with Gasteiger partial charge < -0.3 is 9.84 Å². The number of amides is 1. The predicted molar refractivity (Wildman–Crippen MR) is 90.3 cm³/mol. The zero-order chi connectivity index (χ0) is 16.8. The highest BCUT2D eigenvalue weighted by atomic mass is 16.5. The van der Waals surface area contributed by atoms with Crippen LogP contribution in [-0.2, 0) is 0 Å². The number of phenolic OH excluding ortho intramolecular Hbond substituents is 1. The summed E-state index contributed by atoms with van der Waals surface area (Å²) in [6.07, 6.45) is 1.46. The van der Waals surface area contributed by atoms with Gasteiger partial charge >= 0.3 is 0 Å². The number of ether oxygens (including phenoxy) is 1. The van der Waals surface area contributed by atoms with Gasteiger partial charge in [-0.1, -0.05) is 26.0 Å². The molecule has 0 atom stereocenters. The molecule has 120 valence electrons. The molecule has 0 saturated heterocycles. The highest BCUT2D eigenvalue weighted by Gasteiger charge is 2.05. The minimum absolute atomic E-state index is 0.0204. The Morgan fingerprint density at radius 1 is 1.22 bits per heavy atom. The van der Waals surface area contributed by atoms with Crippen LogP contribution in [0.3, 0.4) is 0 Å². The molecule has 0 spiro atoms. The Hall–Kier alpha value is -2.82. The van der Waals surface area contributed by atoms with Crippen molar-refractivity contribution in [1.29, 1.82) is 0 Å². The highest BCUT2D eigenvalue weighted by Crippen LogP contribution is 2.25. The molecule has 2 N–H and O–H groups in total. The molecule has 23 heavy (non-hydrogen) atoms. The minimum atomic E-state index is -0.283. The Bertz CT molecular complexity index is 707. The molecule has 0 unspecified atom stereocenters. The van der Waals surface area contributed by atoms with Gasteiger partial charge in [-0.15, -0.1) is 0 Å². The number of benzene rings is 2. The first-order chi connectivity index (χ1) is 11.0. The summed E-state index contributed by atoms with van der Waals surface area (Å²) in [7, 11) is 1.48. The molecular weight excluding hydrogens is 292 g/mol. The van der Waals surface area contributed by atoms with Crippen molar-refractivity contribution in [3.8, 4) is 11.5 Å². The van der Waals surface area contributed by atoms with Gasteiger partial charge in [-0.25, -0.2) is 5.43 Å². The van der Waals surface area contributed by atoms with Gasteiger partial charge in [0.25, 0.3) is 5.91 Å². The van der Waals surface area contributed by atoms with Crippen molar-refractivity contribution in [2.75, 3.05) is 7.11 Å². The summed E-state index contributed by atoms with van der Waals surface area (Å²) >= 11 is 0. The number of carbonyl (C=O) groups excluding carboxylic acids is 1. The number of rotatable bonds is 5. The summed E-state index contributed by atoms with van der Waals surface area (Å²) in [6, 6.07) is 12.3. The van der Waals surface area contributed by atoms with E-state index in [1.54, 1.807) is 24.3 Å². The molecule has 0 radical (unpaired) electrons. The molecule has 0 heterocycles. The molecule has 2 aromatic rings. The normalized spacial score (nSPS) is 11.0. The second-order valence-corrected chi connectivity index (χ2v) is 5.41. The second kappa shape index (κ2) is 7.45. The van der Waals surface area contributed by atoms with Crippen molar-refractivity contribution in [2.45, 2.75) is 19.8 Å². The third-order valence-electron chi connectivity index (χ3n) is 3.42. The predicted octanol–water partition coefficient (Wildman–Crippen LogP) is 3.29. The Balaban J connectivity index is 1.99. The van der Waals surface area contributed by atoms with E-state index in [0.717, 1.165) is 0 Å². The van der Waals surface area contributed by atoms with Gasteiger partial charge in [0.2, 0.25) is 0 Å². The fourth-order valence-electron chi connectivity index (χ4n) is 2.04. The van der Waals surface area contributed by atoms with E-state index in [4.69, 9.17) is 4.74 Å². The van der Waals surface area contributed by atoms with Gasteiger partial charge in [0.15, 0.2) is 11.5 Å².